The van der Waals surface area contributed by atoms with Crippen LogP contribution >= 0.6 is 0 Å². The third-order valence-corrected chi connectivity index (χ3v) is 7.24. The third-order valence-electron chi connectivity index (χ3n) is 7.24. The highest BCUT2D eigenvalue weighted by Crippen LogP contribution is 2.34. The standard InChI is InChI=1S/C27H29N9O3/c1-34(19-8-9-19)12-2-3-21(37)35-13-10-20(15-35)36-25-22(24(28)30-16-31-25)23(33-36)17-4-6-18(7-5-17)26(38)32-27-29-11-14-39-27/h2-7,11,14,16,19-20H,8-10,12-13,15H2,1H3,(H2,28,30,31)(H,29,32,38)/b3-2+/t20-/m1/s1. The van der Waals surface area contributed by atoms with Crippen LogP contribution in [0.25, 0.3) is 22.3 Å². The molecule has 3 aromatic heterocycles. The number of benzene rings is 1. The summed E-state index contributed by atoms with van der Waals surface area (Å²) < 4.78 is 6.93. The molecule has 39 heavy (non-hydrogen) atoms. The maximum absolute atomic E-state index is 12.8. The Morgan fingerprint density at radius 1 is 1.18 bits per heavy atom. The number of nitrogens with zero attached hydrogens (tertiary/aromatic N) is 7. The van der Waals surface area contributed by atoms with Crippen LogP contribution in [-0.2, 0) is 4.79 Å². The number of carbonyl (C=O) groups is 2. The largest absolute Gasteiger partial charge is 0.432 e. The molecule has 1 atom stereocenters. The lowest BCUT2D eigenvalue weighted by molar-refractivity contribution is -0.125. The van der Waals surface area contributed by atoms with Crippen LogP contribution in [0, 0.1) is 0 Å². The zero-order chi connectivity index (χ0) is 26.9. The summed E-state index contributed by atoms with van der Waals surface area (Å²) in [4.78, 5) is 42.0. The van der Waals surface area contributed by atoms with E-state index in [0.29, 0.717) is 47.2 Å². The molecule has 2 aliphatic rings. The number of fused-ring (bicyclic) bond motifs is 1. The predicted octanol–water partition coefficient (Wildman–Crippen LogP) is 2.74. The first-order valence-electron chi connectivity index (χ1n) is 12.9. The summed E-state index contributed by atoms with van der Waals surface area (Å²) in [5.74, 6) is -0.0158. The fourth-order valence-electron chi connectivity index (χ4n) is 4.92. The Morgan fingerprint density at radius 2 is 2.00 bits per heavy atom. The molecule has 0 radical (unpaired) electrons. The number of oxazole rings is 1. The number of hydrogen-bond donors (Lipinski definition) is 2. The van der Waals surface area contributed by atoms with E-state index < -0.39 is 0 Å². The topological polar surface area (TPSA) is 148 Å². The van der Waals surface area contributed by atoms with Crippen molar-refractivity contribution in [3.8, 4) is 11.3 Å². The Balaban J connectivity index is 1.21. The van der Waals surface area contributed by atoms with Crippen LogP contribution < -0.4 is 11.1 Å². The molecule has 0 spiro atoms. The van der Waals surface area contributed by atoms with Gasteiger partial charge in [-0.15, -0.1) is 0 Å². The lowest BCUT2D eigenvalue weighted by atomic mass is 10.1. The number of nitrogen functional groups attached to an aromatic ring is 1. The fourth-order valence-corrected chi connectivity index (χ4v) is 4.92. The highest BCUT2D eigenvalue weighted by Gasteiger charge is 2.30. The van der Waals surface area contributed by atoms with Gasteiger partial charge in [0.2, 0.25) is 5.91 Å². The first-order valence-corrected chi connectivity index (χ1v) is 12.9. The van der Waals surface area contributed by atoms with E-state index in [1.807, 2.05) is 15.7 Å². The normalized spacial score (nSPS) is 17.5. The van der Waals surface area contributed by atoms with Gasteiger partial charge in [0.25, 0.3) is 5.91 Å². The summed E-state index contributed by atoms with van der Waals surface area (Å²) in [5, 5.41) is 8.13. The Kier molecular flexibility index (Phi) is 6.53. The lowest BCUT2D eigenvalue weighted by Crippen LogP contribution is -2.28. The van der Waals surface area contributed by atoms with E-state index >= 15 is 0 Å². The molecule has 1 saturated carbocycles. The van der Waals surface area contributed by atoms with Crippen molar-refractivity contribution in [2.45, 2.75) is 31.3 Å². The van der Waals surface area contributed by atoms with Crippen molar-refractivity contribution in [1.29, 1.82) is 0 Å². The third kappa shape index (κ3) is 5.10. The number of nitrogens with one attached hydrogen (secondary N) is 1. The van der Waals surface area contributed by atoms with E-state index in [4.69, 9.17) is 15.2 Å². The number of amides is 2. The van der Waals surface area contributed by atoms with Gasteiger partial charge in [-0.3, -0.25) is 19.8 Å². The number of rotatable bonds is 8. The molecule has 0 unspecified atom stereocenters. The Morgan fingerprint density at radius 3 is 2.74 bits per heavy atom. The summed E-state index contributed by atoms with van der Waals surface area (Å²) in [6.45, 7) is 1.94. The number of carbonyl (C=O) groups excluding carboxylic acids is 2. The van der Waals surface area contributed by atoms with Crippen LogP contribution in [0.1, 0.15) is 35.7 Å². The average Bonchev–Trinajstić information content (AvgIpc) is 3.29. The number of nitrogens with two attached hydrogens (primary N) is 1. The number of likely N-dealkylation sites (N-methyl/N-ethyl adjacent to an activating group) is 1. The SMILES string of the molecule is CN(C/C=C/C(=O)N1CC[C@@H](n2nc(-c3ccc(C(=O)Nc4ncco4)cc3)c3c(N)ncnc32)C1)C1CC1. The van der Waals surface area contributed by atoms with E-state index in [9.17, 15) is 9.59 Å². The first kappa shape index (κ1) is 24.7. The first-order chi connectivity index (χ1) is 19.0. The van der Waals surface area contributed by atoms with Crippen LogP contribution in [0.5, 0.6) is 0 Å². The number of hydrogen-bond acceptors (Lipinski definition) is 9. The zero-order valence-electron chi connectivity index (χ0n) is 21.5. The van der Waals surface area contributed by atoms with Gasteiger partial charge in [0.1, 0.15) is 24.1 Å². The molecule has 1 saturated heterocycles. The molecule has 200 valence electrons. The van der Waals surface area contributed by atoms with Crippen LogP contribution in [-0.4, -0.2) is 79.1 Å². The van der Waals surface area contributed by atoms with Gasteiger partial charge in [0.15, 0.2) is 5.65 Å². The summed E-state index contributed by atoms with van der Waals surface area (Å²) in [6.07, 6.45) is 11.1. The van der Waals surface area contributed by atoms with E-state index in [1.165, 1.54) is 31.6 Å². The minimum Gasteiger partial charge on any atom is -0.432 e. The highest BCUT2D eigenvalue weighted by molar-refractivity contribution is 6.04. The van der Waals surface area contributed by atoms with Crippen molar-refractivity contribution in [1.82, 2.24) is 34.5 Å². The van der Waals surface area contributed by atoms with Crippen molar-refractivity contribution in [3.63, 3.8) is 0 Å². The molecular weight excluding hydrogens is 498 g/mol. The minimum absolute atomic E-state index is 0.00568. The Bertz CT molecular complexity index is 1520. The highest BCUT2D eigenvalue weighted by atomic mass is 16.4. The summed E-state index contributed by atoms with van der Waals surface area (Å²) in [7, 11) is 2.09. The second kappa shape index (κ2) is 10.3. The van der Waals surface area contributed by atoms with Crippen molar-refractivity contribution >= 4 is 34.7 Å². The second-order valence-corrected chi connectivity index (χ2v) is 9.92. The van der Waals surface area contributed by atoms with Crippen LogP contribution in [0.2, 0.25) is 0 Å². The van der Waals surface area contributed by atoms with Gasteiger partial charge in [0.05, 0.1) is 17.6 Å². The quantitative estimate of drug-likeness (QED) is 0.330. The predicted molar refractivity (Wildman–Crippen MR) is 145 cm³/mol. The fraction of sp³-hybridized carbons (Fsp3) is 0.333. The number of aromatic nitrogens is 5. The van der Waals surface area contributed by atoms with Gasteiger partial charge in [-0.1, -0.05) is 18.2 Å². The number of likely N-dealkylation sites (tertiary alicyclic amines) is 1. The van der Waals surface area contributed by atoms with E-state index in [1.54, 1.807) is 30.3 Å². The maximum atomic E-state index is 12.8. The Hall–Kier alpha value is -4.58. The summed E-state index contributed by atoms with van der Waals surface area (Å²) in [5.41, 5.74) is 8.71. The smallest absolute Gasteiger partial charge is 0.301 e. The molecule has 0 bridgehead atoms. The molecule has 1 aliphatic heterocycles. The molecule has 4 aromatic rings. The zero-order valence-corrected chi connectivity index (χ0v) is 21.5. The van der Waals surface area contributed by atoms with Gasteiger partial charge >= 0.3 is 6.01 Å². The summed E-state index contributed by atoms with van der Waals surface area (Å²) in [6, 6.07) is 7.73. The van der Waals surface area contributed by atoms with Crippen molar-refractivity contribution < 1.29 is 14.0 Å². The Labute approximate surface area is 224 Å². The van der Waals surface area contributed by atoms with Gasteiger partial charge in [0, 0.05) is 42.9 Å². The van der Waals surface area contributed by atoms with E-state index in [2.05, 4.69) is 32.2 Å². The molecule has 3 N–H and O–H groups in total. The van der Waals surface area contributed by atoms with E-state index in [-0.39, 0.29) is 23.9 Å². The molecule has 6 rings (SSSR count). The maximum Gasteiger partial charge on any atom is 0.301 e. The lowest BCUT2D eigenvalue weighted by Gasteiger charge is -2.16. The van der Waals surface area contributed by atoms with Gasteiger partial charge in [-0.05, 0) is 38.4 Å². The minimum atomic E-state index is -0.341. The monoisotopic (exact) mass is 527 g/mol. The van der Waals surface area contributed by atoms with Crippen LogP contribution in [0.15, 0.2) is 59.6 Å². The van der Waals surface area contributed by atoms with Crippen molar-refractivity contribution in [2.75, 3.05) is 37.7 Å². The van der Waals surface area contributed by atoms with Crippen LogP contribution in [0.4, 0.5) is 11.8 Å². The van der Waals surface area contributed by atoms with E-state index in [0.717, 1.165) is 18.5 Å². The van der Waals surface area contributed by atoms with Crippen molar-refractivity contribution in [2.24, 2.45) is 0 Å². The molecule has 2 amide bonds. The molecular formula is C27H29N9O3. The second-order valence-electron chi connectivity index (χ2n) is 9.92. The molecule has 12 heteroatoms. The summed E-state index contributed by atoms with van der Waals surface area (Å²) >= 11 is 0. The molecule has 12 nitrogen and oxygen atoms in total. The molecule has 2 fully saturated rings. The molecule has 4 heterocycles. The average molecular weight is 528 g/mol. The van der Waals surface area contributed by atoms with Gasteiger partial charge in [-0.2, -0.15) is 5.10 Å². The van der Waals surface area contributed by atoms with Gasteiger partial charge < -0.3 is 15.1 Å². The van der Waals surface area contributed by atoms with Gasteiger partial charge in [-0.25, -0.2) is 19.6 Å². The molecule has 1 aromatic carbocycles. The van der Waals surface area contributed by atoms with Crippen LogP contribution in [0.3, 0.4) is 0 Å². The van der Waals surface area contributed by atoms with Crippen molar-refractivity contribution in [3.05, 3.63) is 60.8 Å². The molecule has 1 aliphatic carbocycles. The number of anilines is 2.